The van der Waals surface area contributed by atoms with Crippen LogP contribution in [-0.4, -0.2) is 11.3 Å². The fourth-order valence-electron chi connectivity index (χ4n) is 1.37. The predicted molar refractivity (Wildman–Crippen MR) is 65.1 cm³/mol. The number of hydrogen-bond acceptors (Lipinski definition) is 4. The van der Waals surface area contributed by atoms with Crippen molar-refractivity contribution >= 4 is 17.2 Å². The summed E-state index contributed by atoms with van der Waals surface area (Å²) in [6, 6.07) is 8.67. The number of benzene rings is 1. The number of aromatic nitrogens is 1. The summed E-state index contributed by atoms with van der Waals surface area (Å²) in [4.78, 5) is 4.01. The Morgan fingerprint density at radius 3 is 2.26 bits per heavy atom. The average Bonchev–Trinajstić information content (AvgIpc) is 2.33. The molecule has 0 aliphatic heterocycles. The highest BCUT2D eigenvalue weighted by Gasteiger charge is 2.30. The lowest BCUT2D eigenvalue weighted by molar-refractivity contribution is -0.274. The number of halogens is 3. The van der Waals surface area contributed by atoms with Crippen molar-refractivity contribution in [1.82, 2.24) is 4.98 Å². The lowest BCUT2D eigenvalue weighted by atomic mass is 10.3. The van der Waals surface area contributed by atoms with Crippen LogP contribution in [-0.2, 0) is 0 Å². The van der Waals surface area contributed by atoms with Crippen LogP contribution in [0.2, 0.25) is 0 Å². The molecule has 7 heteroatoms. The Kier molecular flexibility index (Phi) is 3.46. The third-order valence-corrected chi connectivity index (χ3v) is 2.15. The maximum absolute atomic E-state index is 12.0. The van der Waals surface area contributed by atoms with E-state index < -0.39 is 6.36 Å². The van der Waals surface area contributed by atoms with Crippen LogP contribution in [0.15, 0.2) is 42.6 Å². The van der Waals surface area contributed by atoms with Gasteiger partial charge in [-0.25, -0.2) is 4.98 Å². The highest BCUT2D eigenvalue weighted by atomic mass is 19.4. The molecule has 19 heavy (non-hydrogen) atoms. The largest absolute Gasteiger partial charge is 0.573 e. The summed E-state index contributed by atoms with van der Waals surface area (Å²) < 4.78 is 39.7. The quantitative estimate of drug-likeness (QED) is 0.897. The van der Waals surface area contributed by atoms with Crippen LogP contribution in [0.3, 0.4) is 0 Å². The van der Waals surface area contributed by atoms with Crippen LogP contribution in [0.25, 0.3) is 0 Å². The first kappa shape index (κ1) is 13.0. The summed E-state index contributed by atoms with van der Waals surface area (Å²) in [5, 5.41) is 2.92. The van der Waals surface area contributed by atoms with Crippen molar-refractivity contribution in [2.24, 2.45) is 0 Å². The zero-order chi connectivity index (χ0) is 13.9. The van der Waals surface area contributed by atoms with E-state index >= 15 is 0 Å². The molecule has 2 aromatic rings. The summed E-state index contributed by atoms with van der Waals surface area (Å²) in [5.74, 6) is 0.266. The fraction of sp³-hybridized carbons (Fsp3) is 0.0833. The number of nitrogens with one attached hydrogen (secondary N) is 1. The molecule has 0 amide bonds. The predicted octanol–water partition coefficient (Wildman–Crippen LogP) is 3.31. The van der Waals surface area contributed by atoms with Crippen molar-refractivity contribution in [3.63, 3.8) is 0 Å². The van der Waals surface area contributed by atoms with Crippen LogP contribution >= 0.6 is 0 Å². The molecule has 0 saturated heterocycles. The molecule has 3 N–H and O–H groups in total. The van der Waals surface area contributed by atoms with Gasteiger partial charge in [0.25, 0.3) is 0 Å². The van der Waals surface area contributed by atoms with Gasteiger partial charge in [0.1, 0.15) is 11.6 Å². The number of hydrogen-bond donors (Lipinski definition) is 2. The van der Waals surface area contributed by atoms with Gasteiger partial charge in [-0.3, -0.25) is 0 Å². The third-order valence-electron chi connectivity index (χ3n) is 2.15. The summed E-state index contributed by atoms with van der Waals surface area (Å²) in [6.07, 6.45) is -3.21. The molecule has 1 aromatic carbocycles. The molecule has 100 valence electrons. The topological polar surface area (TPSA) is 60.2 Å². The third kappa shape index (κ3) is 4.06. The normalized spacial score (nSPS) is 11.1. The molecule has 0 spiro atoms. The van der Waals surface area contributed by atoms with Crippen molar-refractivity contribution in [2.75, 3.05) is 11.1 Å². The zero-order valence-electron chi connectivity index (χ0n) is 9.61. The molecular formula is C12H10F3N3O. The Morgan fingerprint density at radius 1 is 1.05 bits per heavy atom. The van der Waals surface area contributed by atoms with Crippen LogP contribution in [0.5, 0.6) is 5.75 Å². The molecule has 0 saturated carbocycles. The molecule has 1 heterocycles. The minimum atomic E-state index is -4.69. The number of anilines is 3. The first-order valence-electron chi connectivity index (χ1n) is 5.27. The fourth-order valence-corrected chi connectivity index (χ4v) is 1.37. The van der Waals surface area contributed by atoms with E-state index in [0.29, 0.717) is 17.2 Å². The second-order valence-electron chi connectivity index (χ2n) is 3.67. The maximum Gasteiger partial charge on any atom is 0.573 e. The zero-order valence-corrected chi connectivity index (χ0v) is 9.61. The summed E-state index contributed by atoms with van der Waals surface area (Å²) in [7, 11) is 0. The molecular weight excluding hydrogens is 259 g/mol. The van der Waals surface area contributed by atoms with E-state index in [9.17, 15) is 13.2 Å². The van der Waals surface area contributed by atoms with Crippen molar-refractivity contribution < 1.29 is 17.9 Å². The molecule has 2 rings (SSSR count). The first-order chi connectivity index (χ1) is 8.92. The summed E-state index contributed by atoms with van der Waals surface area (Å²) in [6.45, 7) is 0. The average molecular weight is 269 g/mol. The smallest absolute Gasteiger partial charge is 0.406 e. The van der Waals surface area contributed by atoms with Crippen molar-refractivity contribution in [2.45, 2.75) is 6.36 Å². The van der Waals surface area contributed by atoms with Gasteiger partial charge in [-0.1, -0.05) is 0 Å². The first-order valence-corrected chi connectivity index (χ1v) is 5.27. The van der Waals surface area contributed by atoms with Gasteiger partial charge in [-0.2, -0.15) is 0 Å². The monoisotopic (exact) mass is 269 g/mol. The van der Waals surface area contributed by atoms with Crippen molar-refractivity contribution in [1.29, 1.82) is 0 Å². The number of nitrogens with two attached hydrogens (primary N) is 1. The number of pyridine rings is 1. The Bertz CT molecular complexity index is 538. The van der Waals surface area contributed by atoms with Crippen LogP contribution < -0.4 is 15.8 Å². The molecule has 0 aliphatic carbocycles. The molecule has 1 aromatic heterocycles. The van der Waals surface area contributed by atoms with E-state index in [1.54, 1.807) is 12.1 Å². The molecule has 0 fully saturated rings. The SMILES string of the molecule is Nc1ccc(Nc2ccc(OC(F)(F)F)cc2)nc1. The van der Waals surface area contributed by atoms with E-state index in [1.807, 2.05) is 0 Å². The number of alkyl halides is 3. The van der Waals surface area contributed by atoms with Crippen molar-refractivity contribution in [3.05, 3.63) is 42.6 Å². The summed E-state index contributed by atoms with van der Waals surface area (Å²) >= 11 is 0. The van der Waals surface area contributed by atoms with E-state index in [0.717, 1.165) is 0 Å². The van der Waals surface area contributed by atoms with Gasteiger partial charge in [-0.05, 0) is 36.4 Å². The van der Waals surface area contributed by atoms with Crippen LogP contribution in [0.4, 0.5) is 30.4 Å². The van der Waals surface area contributed by atoms with Crippen LogP contribution in [0.1, 0.15) is 0 Å². The molecule has 0 unspecified atom stereocenters. The van der Waals surface area contributed by atoms with Crippen LogP contribution in [0, 0.1) is 0 Å². The molecule has 4 nitrogen and oxygen atoms in total. The Labute approximate surface area is 107 Å². The van der Waals surface area contributed by atoms with Gasteiger partial charge < -0.3 is 15.8 Å². The minimum absolute atomic E-state index is 0.275. The number of nitrogens with zero attached hydrogens (tertiary/aromatic N) is 1. The number of nitrogen functional groups attached to an aromatic ring is 1. The second-order valence-corrected chi connectivity index (χ2v) is 3.67. The van der Waals surface area contributed by atoms with Gasteiger partial charge in [0, 0.05) is 5.69 Å². The maximum atomic E-state index is 12.0. The van der Waals surface area contributed by atoms with Gasteiger partial charge in [0.15, 0.2) is 0 Å². The molecule has 0 radical (unpaired) electrons. The van der Waals surface area contributed by atoms with E-state index in [4.69, 9.17) is 5.73 Å². The molecule has 0 bridgehead atoms. The van der Waals surface area contributed by atoms with Gasteiger partial charge in [0.2, 0.25) is 0 Å². The Hall–Kier alpha value is -2.44. The van der Waals surface area contributed by atoms with E-state index in [1.165, 1.54) is 30.5 Å². The van der Waals surface area contributed by atoms with Gasteiger partial charge in [-0.15, -0.1) is 13.2 Å². The molecule has 0 atom stereocenters. The lowest BCUT2D eigenvalue weighted by Gasteiger charge is -2.10. The number of ether oxygens (including phenoxy) is 1. The highest BCUT2D eigenvalue weighted by Crippen LogP contribution is 2.24. The van der Waals surface area contributed by atoms with Gasteiger partial charge in [0.05, 0.1) is 11.9 Å². The Morgan fingerprint density at radius 2 is 1.74 bits per heavy atom. The Balaban J connectivity index is 2.04. The van der Waals surface area contributed by atoms with Gasteiger partial charge >= 0.3 is 6.36 Å². The second kappa shape index (κ2) is 5.05. The molecule has 0 aliphatic rings. The summed E-state index contributed by atoms with van der Waals surface area (Å²) in [5.41, 5.74) is 6.60. The highest BCUT2D eigenvalue weighted by molar-refractivity contribution is 5.58. The van der Waals surface area contributed by atoms with Crippen molar-refractivity contribution in [3.8, 4) is 5.75 Å². The van der Waals surface area contributed by atoms with E-state index in [-0.39, 0.29) is 5.75 Å². The minimum Gasteiger partial charge on any atom is -0.406 e. The van der Waals surface area contributed by atoms with E-state index in [2.05, 4.69) is 15.0 Å². The number of rotatable bonds is 3. The standard InChI is InChI=1S/C12H10F3N3O/c13-12(14,15)19-10-4-2-9(3-5-10)18-11-6-1-8(16)7-17-11/h1-7H,16H2,(H,17,18). The lowest BCUT2D eigenvalue weighted by Crippen LogP contribution is -2.16.